The first-order valence-electron chi connectivity index (χ1n) is 11.2. The molecule has 7 nitrogen and oxygen atoms in total. The Kier molecular flexibility index (Phi) is 8.70. The van der Waals surface area contributed by atoms with E-state index in [2.05, 4.69) is 5.32 Å². The molecule has 0 heterocycles. The van der Waals surface area contributed by atoms with Crippen LogP contribution in [0.4, 0.5) is 10.1 Å². The maximum absolute atomic E-state index is 13.8. The third-order valence-electron chi connectivity index (χ3n) is 5.48. The average molecular weight is 533 g/mol. The first-order chi connectivity index (χ1) is 17.0. The van der Waals surface area contributed by atoms with E-state index in [0.29, 0.717) is 22.7 Å². The molecule has 1 atom stereocenters. The van der Waals surface area contributed by atoms with Crippen molar-refractivity contribution in [3.8, 4) is 5.75 Å². The number of halogens is 2. The second-order valence-electron chi connectivity index (χ2n) is 8.20. The Morgan fingerprint density at radius 3 is 2.39 bits per heavy atom. The number of anilines is 1. The molecule has 36 heavy (non-hydrogen) atoms. The highest BCUT2D eigenvalue weighted by Crippen LogP contribution is 2.29. The first kappa shape index (κ1) is 27.2. The van der Waals surface area contributed by atoms with Crippen LogP contribution in [0.5, 0.6) is 5.75 Å². The Balaban J connectivity index is 1.92. The standard InChI is InChI=1S/C26H26ClFN2O5S/c1-4-17(2)30(26(32)19-6-5-7-22(28)15-19)16-20-14-21(27)8-13-25(20)35-36(33,34)24-11-9-23(10-12-24)29-18(3)31/h5-15,17H,4,16H2,1-3H3,(H,29,31). The Labute approximate surface area is 215 Å². The first-order valence-corrected chi connectivity index (χ1v) is 13.0. The molecule has 1 N–H and O–H groups in total. The molecule has 0 saturated carbocycles. The van der Waals surface area contributed by atoms with Crippen LogP contribution >= 0.6 is 11.6 Å². The van der Waals surface area contributed by atoms with Gasteiger partial charge in [-0.3, -0.25) is 9.59 Å². The van der Waals surface area contributed by atoms with Crippen molar-refractivity contribution in [1.82, 2.24) is 4.90 Å². The third kappa shape index (κ3) is 6.83. The summed E-state index contributed by atoms with van der Waals surface area (Å²) in [5.74, 6) is -1.23. The summed E-state index contributed by atoms with van der Waals surface area (Å²) in [6.45, 7) is 5.07. The van der Waals surface area contributed by atoms with Crippen molar-refractivity contribution in [2.24, 2.45) is 0 Å². The zero-order valence-corrected chi connectivity index (χ0v) is 21.6. The van der Waals surface area contributed by atoms with E-state index in [0.717, 1.165) is 6.07 Å². The lowest BCUT2D eigenvalue weighted by atomic mass is 10.1. The number of carbonyl (C=O) groups excluding carboxylic acids is 2. The topological polar surface area (TPSA) is 92.8 Å². The van der Waals surface area contributed by atoms with Gasteiger partial charge in [0, 0.05) is 34.8 Å². The van der Waals surface area contributed by atoms with E-state index in [9.17, 15) is 22.4 Å². The highest BCUT2D eigenvalue weighted by atomic mass is 35.5. The Hall–Kier alpha value is -3.43. The van der Waals surface area contributed by atoms with Crippen LogP contribution in [-0.4, -0.2) is 31.2 Å². The van der Waals surface area contributed by atoms with Gasteiger partial charge in [-0.1, -0.05) is 24.6 Å². The van der Waals surface area contributed by atoms with Crippen LogP contribution in [0.15, 0.2) is 71.6 Å². The molecule has 0 aliphatic carbocycles. The fourth-order valence-corrected chi connectivity index (χ4v) is 4.61. The number of amides is 2. The maximum atomic E-state index is 13.8. The van der Waals surface area contributed by atoms with Crippen LogP contribution in [0.2, 0.25) is 5.02 Å². The van der Waals surface area contributed by atoms with Crippen molar-refractivity contribution < 1.29 is 26.6 Å². The lowest BCUT2D eigenvalue weighted by Crippen LogP contribution is -2.38. The summed E-state index contributed by atoms with van der Waals surface area (Å²) in [5.41, 5.74) is 0.978. The summed E-state index contributed by atoms with van der Waals surface area (Å²) >= 11 is 6.19. The molecule has 3 rings (SSSR count). The number of nitrogens with one attached hydrogen (secondary N) is 1. The molecule has 1 unspecified atom stereocenters. The minimum atomic E-state index is -4.24. The van der Waals surface area contributed by atoms with Crippen molar-refractivity contribution >= 4 is 39.2 Å². The van der Waals surface area contributed by atoms with Gasteiger partial charge in [-0.2, -0.15) is 8.42 Å². The molecule has 0 aliphatic heterocycles. The van der Waals surface area contributed by atoms with Gasteiger partial charge in [0.2, 0.25) is 5.91 Å². The monoisotopic (exact) mass is 532 g/mol. The van der Waals surface area contributed by atoms with E-state index in [-0.39, 0.29) is 34.7 Å². The summed E-state index contributed by atoms with van der Waals surface area (Å²) in [6, 6.07) is 15.1. The van der Waals surface area contributed by atoms with Gasteiger partial charge in [0.1, 0.15) is 16.5 Å². The molecule has 10 heteroatoms. The second kappa shape index (κ2) is 11.5. The van der Waals surface area contributed by atoms with Crippen LogP contribution < -0.4 is 9.50 Å². The molecule has 0 aliphatic rings. The number of hydrogen-bond donors (Lipinski definition) is 1. The summed E-state index contributed by atoms with van der Waals surface area (Å²) in [7, 11) is -4.24. The minimum absolute atomic E-state index is 0.00526. The quantitative estimate of drug-likeness (QED) is 0.360. The fraction of sp³-hybridized carbons (Fsp3) is 0.231. The predicted molar refractivity (Wildman–Crippen MR) is 136 cm³/mol. The molecule has 190 valence electrons. The van der Waals surface area contributed by atoms with E-state index in [1.165, 1.54) is 72.5 Å². The molecule has 3 aromatic carbocycles. The van der Waals surface area contributed by atoms with Gasteiger partial charge in [0.15, 0.2) is 0 Å². The SMILES string of the molecule is CCC(C)N(Cc1cc(Cl)ccc1OS(=O)(=O)c1ccc(NC(C)=O)cc1)C(=O)c1cccc(F)c1. The van der Waals surface area contributed by atoms with Gasteiger partial charge in [-0.05, 0) is 74.0 Å². The lowest BCUT2D eigenvalue weighted by Gasteiger charge is -2.29. The third-order valence-corrected chi connectivity index (χ3v) is 6.96. The van der Waals surface area contributed by atoms with Gasteiger partial charge in [0.25, 0.3) is 5.91 Å². The van der Waals surface area contributed by atoms with Gasteiger partial charge >= 0.3 is 10.1 Å². The highest BCUT2D eigenvalue weighted by molar-refractivity contribution is 7.87. The number of hydrogen-bond acceptors (Lipinski definition) is 5. The van der Waals surface area contributed by atoms with E-state index in [1.807, 2.05) is 13.8 Å². The zero-order chi connectivity index (χ0) is 26.5. The van der Waals surface area contributed by atoms with Crippen LogP contribution in [-0.2, 0) is 21.5 Å². The van der Waals surface area contributed by atoms with Gasteiger partial charge in [-0.15, -0.1) is 0 Å². The largest absolute Gasteiger partial charge is 0.379 e. The summed E-state index contributed by atoms with van der Waals surface area (Å²) in [6.07, 6.45) is 0.608. The highest BCUT2D eigenvalue weighted by Gasteiger charge is 2.25. The van der Waals surface area contributed by atoms with Crippen molar-refractivity contribution in [1.29, 1.82) is 0 Å². The normalized spacial score (nSPS) is 12.0. The van der Waals surface area contributed by atoms with Crippen molar-refractivity contribution in [3.05, 3.63) is 88.7 Å². The van der Waals surface area contributed by atoms with E-state index in [1.54, 1.807) is 0 Å². The molecule has 0 saturated heterocycles. The van der Waals surface area contributed by atoms with E-state index in [4.69, 9.17) is 15.8 Å². The molecular weight excluding hydrogens is 507 g/mol. The zero-order valence-electron chi connectivity index (χ0n) is 20.0. The fourth-order valence-electron chi connectivity index (χ4n) is 3.45. The van der Waals surface area contributed by atoms with Crippen molar-refractivity contribution in [2.75, 3.05) is 5.32 Å². The van der Waals surface area contributed by atoms with Crippen LogP contribution in [0, 0.1) is 5.82 Å². The molecule has 0 spiro atoms. The molecule has 0 bridgehead atoms. The number of benzene rings is 3. The molecule has 0 fully saturated rings. The van der Waals surface area contributed by atoms with E-state index < -0.39 is 21.8 Å². The molecule has 0 radical (unpaired) electrons. The number of carbonyl (C=O) groups is 2. The Morgan fingerprint density at radius 2 is 1.78 bits per heavy atom. The van der Waals surface area contributed by atoms with E-state index >= 15 is 0 Å². The van der Waals surface area contributed by atoms with Crippen LogP contribution in [0.1, 0.15) is 43.1 Å². The maximum Gasteiger partial charge on any atom is 0.339 e. The van der Waals surface area contributed by atoms with Crippen LogP contribution in [0.3, 0.4) is 0 Å². The smallest absolute Gasteiger partial charge is 0.339 e. The number of nitrogens with zero attached hydrogens (tertiary/aromatic N) is 1. The summed E-state index contributed by atoms with van der Waals surface area (Å²) in [4.78, 5) is 25.9. The predicted octanol–water partition coefficient (Wildman–Crippen LogP) is 5.65. The van der Waals surface area contributed by atoms with Gasteiger partial charge in [0.05, 0.1) is 6.54 Å². The lowest BCUT2D eigenvalue weighted by molar-refractivity contribution is -0.114. The Bertz CT molecular complexity index is 1360. The number of rotatable bonds is 9. The average Bonchev–Trinajstić information content (AvgIpc) is 2.83. The Morgan fingerprint density at radius 1 is 1.08 bits per heavy atom. The molecular formula is C26H26ClFN2O5S. The second-order valence-corrected chi connectivity index (χ2v) is 10.2. The molecule has 0 aromatic heterocycles. The summed E-state index contributed by atoms with van der Waals surface area (Å²) in [5, 5.41) is 2.89. The van der Waals surface area contributed by atoms with Gasteiger partial charge in [-0.25, -0.2) is 4.39 Å². The van der Waals surface area contributed by atoms with Crippen molar-refractivity contribution in [2.45, 2.75) is 44.7 Å². The minimum Gasteiger partial charge on any atom is -0.379 e. The summed E-state index contributed by atoms with van der Waals surface area (Å²) < 4.78 is 45.2. The van der Waals surface area contributed by atoms with Crippen LogP contribution in [0.25, 0.3) is 0 Å². The molecule has 2 amide bonds. The van der Waals surface area contributed by atoms with Crippen molar-refractivity contribution in [3.63, 3.8) is 0 Å². The molecule has 3 aromatic rings. The van der Waals surface area contributed by atoms with Gasteiger partial charge < -0.3 is 14.4 Å².